The number of para-hydroxylation sites is 6. The van der Waals surface area contributed by atoms with Gasteiger partial charge < -0.3 is 20.4 Å². The number of phenols is 4. The van der Waals surface area contributed by atoms with E-state index >= 15 is 0 Å². The van der Waals surface area contributed by atoms with Crippen molar-refractivity contribution in [2.45, 2.75) is 105 Å². The quantitative estimate of drug-likeness (QED) is 0.0977. The van der Waals surface area contributed by atoms with E-state index in [4.69, 9.17) is 94.5 Å². The molecule has 6 rings (SSSR count). The topological polar surface area (TPSA) is 130 Å². The number of halogens is 10. The molecule has 0 unspecified atom stereocenters. The summed E-state index contributed by atoms with van der Waals surface area (Å²) in [6.07, 6.45) is 6.63. The fourth-order valence-corrected chi connectivity index (χ4v) is 7.12. The molecule has 6 aromatic rings. The minimum absolute atomic E-state index is 0.0400. The summed E-state index contributed by atoms with van der Waals surface area (Å²) < 4.78 is 0. The second-order valence-electron chi connectivity index (χ2n) is 20.5. The SMILES string of the molecule is CC(C)(C)c1cccc(C=Nc2ccccc2Cl)c1O.CC(C)(C)c1cccc(C=Nc2ccccc2Cl)c1O.CN=Cc1cccc(C(C)(C)C)c1O.CN=Cc1cccc(C(C)(C)C)c1O.[Cl][Ti][Cl].[Cl][Ti][Cl].[Cl][Zr][Cl].[Cl][Zr][Cl]. The van der Waals surface area contributed by atoms with Crippen molar-refractivity contribution in [2.75, 3.05) is 14.1 Å². The molecule has 0 saturated heterocycles. The van der Waals surface area contributed by atoms with Gasteiger partial charge in [-0.2, -0.15) is 0 Å². The summed E-state index contributed by atoms with van der Waals surface area (Å²) in [7, 11) is 42.7. The Morgan fingerprint density at radius 3 is 0.750 bits per heavy atom. The Morgan fingerprint density at radius 1 is 0.362 bits per heavy atom. The van der Waals surface area contributed by atoms with Gasteiger partial charge in [0.2, 0.25) is 0 Å². The maximum absolute atomic E-state index is 10.3. The van der Waals surface area contributed by atoms with E-state index in [1.807, 2.05) is 109 Å². The Kier molecular flexibility index (Phi) is 44.6. The first kappa shape index (κ1) is 81.4. The summed E-state index contributed by atoms with van der Waals surface area (Å²) in [4.78, 5) is 16.5. The Morgan fingerprint density at radius 2 is 0.562 bits per heavy atom. The standard InChI is InChI=1S/2C17H18ClNO.2C12H17NO.8ClH.2Ti.2Zr/c2*1-17(2,3)13-8-6-7-12(16(13)20)11-19-15-10-5-4-9-14(15)18;2*1-12(2,3)10-7-5-6-9(8-13-4)11(10)14;;;;;;;;;;;;/h2*4-11,20H,1-3H3;2*5-8,14H,1-4H3;8*1H;;;;/q;;;;;;;;;;;;4*+2/p-8. The van der Waals surface area contributed by atoms with Gasteiger partial charge in [-0.05, 0) is 92.4 Å². The molecule has 0 fully saturated rings. The molecule has 22 heteroatoms. The maximum atomic E-state index is 10.3. The first-order valence-electron chi connectivity index (χ1n) is 23.9. The zero-order valence-electron chi connectivity index (χ0n) is 47.2. The fraction of sp³-hybridized carbons (Fsp3) is 0.310. The Bertz CT molecular complexity index is 2650. The van der Waals surface area contributed by atoms with Gasteiger partial charge >= 0.3 is 147 Å². The van der Waals surface area contributed by atoms with E-state index < -0.39 is 75.8 Å². The first-order valence-corrected chi connectivity index (χ1v) is 46.0. The van der Waals surface area contributed by atoms with E-state index in [-0.39, 0.29) is 33.2 Å². The second kappa shape index (κ2) is 43.8. The molecule has 0 aromatic heterocycles. The average Bonchev–Trinajstić information content (AvgIpc) is 3.36. The van der Waals surface area contributed by atoms with Crippen LogP contribution in [-0.2, 0) is 97.4 Å². The van der Waals surface area contributed by atoms with E-state index in [9.17, 15) is 20.4 Å². The predicted octanol–water partition coefficient (Wildman–Crippen LogP) is 21.2. The van der Waals surface area contributed by atoms with Crippen LogP contribution in [0.25, 0.3) is 0 Å². The van der Waals surface area contributed by atoms with Crippen molar-refractivity contribution in [3.05, 3.63) is 176 Å². The number of nitrogens with zero attached hydrogens (tertiary/aromatic N) is 4. The molecule has 0 aliphatic heterocycles. The van der Waals surface area contributed by atoms with E-state index in [1.54, 1.807) is 51.1 Å². The first-order chi connectivity index (χ1) is 37.4. The van der Waals surface area contributed by atoms with Gasteiger partial charge in [0.25, 0.3) is 0 Å². The average molecular weight is 1520 g/mol. The van der Waals surface area contributed by atoms with Crippen molar-refractivity contribution >= 4 is 131 Å². The Hall–Kier alpha value is -0.705. The summed E-state index contributed by atoms with van der Waals surface area (Å²) >= 11 is 9.35. The summed E-state index contributed by atoms with van der Waals surface area (Å²) in [5.41, 5.74) is 7.73. The van der Waals surface area contributed by atoms with Gasteiger partial charge in [-0.15, -0.1) is 0 Å². The van der Waals surface area contributed by atoms with Gasteiger partial charge in [0.15, 0.2) is 0 Å². The van der Waals surface area contributed by atoms with Gasteiger partial charge in [0.05, 0.1) is 21.4 Å². The zero-order valence-corrected chi connectivity index (χ0v) is 62.8. The normalized spacial score (nSPS) is 11.0. The van der Waals surface area contributed by atoms with E-state index in [0.717, 1.165) is 33.4 Å². The van der Waals surface area contributed by atoms with Gasteiger partial charge in [-0.1, -0.05) is 179 Å². The molecule has 0 saturated carbocycles. The van der Waals surface area contributed by atoms with Gasteiger partial charge in [0.1, 0.15) is 23.0 Å². The number of hydrogen-bond acceptors (Lipinski definition) is 8. The van der Waals surface area contributed by atoms with E-state index in [1.165, 1.54) is 0 Å². The van der Waals surface area contributed by atoms with Gasteiger partial charge in [-0.3, -0.25) is 20.0 Å². The van der Waals surface area contributed by atoms with Crippen molar-refractivity contribution in [1.82, 2.24) is 0 Å². The number of rotatable bonds is 6. The number of benzene rings is 6. The molecule has 0 bridgehead atoms. The third-order valence-electron chi connectivity index (χ3n) is 10.4. The van der Waals surface area contributed by atoms with Crippen molar-refractivity contribution in [2.24, 2.45) is 20.0 Å². The van der Waals surface area contributed by atoms with Gasteiger partial charge in [0, 0.05) is 61.2 Å². The van der Waals surface area contributed by atoms with Crippen LogP contribution >= 0.6 is 94.5 Å². The predicted molar refractivity (Wildman–Crippen MR) is 338 cm³/mol. The number of aromatic hydroxyl groups is 4. The van der Waals surface area contributed by atoms with Crippen molar-refractivity contribution in [3.63, 3.8) is 0 Å². The Balaban J connectivity index is 0. The van der Waals surface area contributed by atoms with Crippen molar-refractivity contribution in [1.29, 1.82) is 0 Å². The zero-order chi connectivity index (χ0) is 61.9. The third kappa shape index (κ3) is 32.7. The number of hydrogen-bond donors (Lipinski definition) is 4. The van der Waals surface area contributed by atoms with Crippen LogP contribution in [0.3, 0.4) is 0 Å². The number of aliphatic imine (C=N–C) groups is 4. The molecule has 0 aliphatic rings. The molecule has 6 aromatic carbocycles. The van der Waals surface area contributed by atoms with E-state index in [2.05, 4.69) is 103 Å². The molecular formula is C58H70Cl10N4O4Ti2Zr2. The Labute approximate surface area is 557 Å². The van der Waals surface area contributed by atoms with Crippen LogP contribution in [0.5, 0.6) is 23.0 Å². The second-order valence-corrected chi connectivity index (χ2v) is 33.9. The molecule has 0 aliphatic carbocycles. The molecule has 0 spiro atoms. The van der Waals surface area contributed by atoms with Crippen LogP contribution in [0.1, 0.15) is 128 Å². The van der Waals surface area contributed by atoms with Crippen LogP contribution in [0, 0.1) is 0 Å². The minimum atomic E-state index is -0.826. The van der Waals surface area contributed by atoms with Crippen LogP contribution in [0.15, 0.2) is 141 Å². The van der Waals surface area contributed by atoms with Crippen LogP contribution in [0.2, 0.25) is 10.0 Å². The summed E-state index contributed by atoms with van der Waals surface area (Å²) in [6.45, 7) is 24.9. The monoisotopic (exact) mass is 1510 g/mol. The van der Waals surface area contributed by atoms with E-state index in [0.29, 0.717) is 44.0 Å². The van der Waals surface area contributed by atoms with Crippen LogP contribution in [0.4, 0.5) is 11.4 Å². The fourth-order valence-electron chi connectivity index (χ4n) is 6.75. The van der Waals surface area contributed by atoms with Crippen molar-refractivity contribution in [3.8, 4) is 23.0 Å². The molecule has 4 N–H and O–H groups in total. The third-order valence-corrected chi connectivity index (χ3v) is 11.1. The molecule has 8 nitrogen and oxygen atoms in total. The molecule has 432 valence electrons. The summed E-state index contributed by atoms with van der Waals surface area (Å²) in [5, 5.41) is 41.8. The molecule has 0 amide bonds. The van der Waals surface area contributed by atoms with Crippen LogP contribution in [-0.4, -0.2) is 59.4 Å². The summed E-state index contributed by atoms with van der Waals surface area (Å²) in [5.74, 6) is 1.22. The molecule has 0 atom stereocenters. The van der Waals surface area contributed by atoms with Crippen LogP contribution < -0.4 is 0 Å². The molecular weight excluding hydrogens is 1450 g/mol. The van der Waals surface area contributed by atoms with Crippen molar-refractivity contribution < 1.29 is 96.2 Å². The van der Waals surface area contributed by atoms with Gasteiger partial charge in [-0.25, -0.2) is 0 Å². The number of phenolic OH excluding ortho intramolecular Hbond substituents is 4. The molecule has 0 radical (unpaired) electrons. The molecule has 80 heavy (non-hydrogen) atoms. The summed E-state index contributed by atoms with van der Waals surface area (Å²) in [6, 6.07) is 37.6. The molecule has 0 heterocycles.